The molecular formula is C13H16N2O. The molecule has 1 unspecified atom stereocenters. The minimum absolute atomic E-state index is 0.173. The van der Waals surface area contributed by atoms with Crippen LogP contribution in [-0.2, 0) is 0 Å². The number of aliphatic hydroxyl groups is 1. The molecule has 2 rings (SSSR count). The molecular weight excluding hydrogens is 200 g/mol. The van der Waals surface area contributed by atoms with Gasteiger partial charge >= 0.3 is 0 Å². The summed E-state index contributed by atoms with van der Waals surface area (Å²) in [7, 11) is 0. The number of likely N-dealkylation sites (tertiary alicyclic amines) is 1. The maximum Gasteiger partial charge on any atom is 0.123 e. The SMILES string of the molecule is N#CC(c1ccccc1)N1CCC(O)CC1. The molecule has 0 aliphatic carbocycles. The summed E-state index contributed by atoms with van der Waals surface area (Å²) in [6.45, 7) is 1.60. The summed E-state index contributed by atoms with van der Waals surface area (Å²) in [5.74, 6) is 0. The van der Waals surface area contributed by atoms with Crippen LogP contribution in [0.4, 0.5) is 0 Å². The molecule has 3 nitrogen and oxygen atoms in total. The van der Waals surface area contributed by atoms with Crippen LogP contribution in [-0.4, -0.2) is 29.2 Å². The van der Waals surface area contributed by atoms with Gasteiger partial charge in [-0.25, -0.2) is 0 Å². The predicted octanol–water partition coefficient (Wildman–Crippen LogP) is 1.71. The molecule has 1 fully saturated rings. The van der Waals surface area contributed by atoms with Gasteiger partial charge in [-0.2, -0.15) is 5.26 Å². The molecule has 1 heterocycles. The summed E-state index contributed by atoms with van der Waals surface area (Å²) in [6, 6.07) is 12.0. The molecule has 1 aliphatic rings. The van der Waals surface area contributed by atoms with E-state index in [-0.39, 0.29) is 12.1 Å². The second kappa shape index (κ2) is 5.11. The number of aliphatic hydroxyl groups excluding tert-OH is 1. The second-order valence-corrected chi connectivity index (χ2v) is 4.21. The maximum atomic E-state index is 9.44. The fourth-order valence-corrected chi connectivity index (χ4v) is 2.15. The minimum atomic E-state index is -0.189. The maximum absolute atomic E-state index is 9.44. The quantitative estimate of drug-likeness (QED) is 0.818. The van der Waals surface area contributed by atoms with Crippen LogP contribution < -0.4 is 0 Å². The molecule has 1 N–H and O–H groups in total. The molecule has 0 aromatic heterocycles. The first-order valence-electron chi connectivity index (χ1n) is 5.68. The zero-order chi connectivity index (χ0) is 11.4. The first kappa shape index (κ1) is 11.1. The van der Waals surface area contributed by atoms with E-state index in [0.717, 1.165) is 31.5 Å². The van der Waals surface area contributed by atoms with Gasteiger partial charge in [-0.15, -0.1) is 0 Å². The van der Waals surface area contributed by atoms with Crippen molar-refractivity contribution in [1.29, 1.82) is 5.26 Å². The largest absolute Gasteiger partial charge is 0.393 e. The third-order valence-electron chi connectivity index (χ3n) is 3.10. The third kappa shape index (κ3) is 2.41. The zero-order valence-electron chi connectivity index (χ0n) is 9.21. The Bertz CT molecular complexity index is 363. The van der Waals surface area contributed by atoms with Crippen LogP contribution in [0.2, 0.25) is 0 Å². The van der Waals surface area contributed by atoms with Crippen molar-refractivity contribution in [2.24, 2.45) is 0 Å². The number of piperidine rings is 1. The van der Waals surface area contributed by atoms with Gasteiger partial charge in [-0.1, -0.05) is 30.3 Å². The first-order chi connectivity index (χ1) is 7.81. The molecule has 0 spiro atoms. The van der Waals surface area contributed by atoms with Crippen molar-refractivity contribution in [3.8, 4) is 6.07 Å². The Morgan fingerprint density at radius 1 is 1.25 bits per heavy atom. The van der Waals surface area contributed by atoms with Crippen molar-refractivity contribution in [1.82, 2.24) is 4.90 Å². The lowest BCUT2D eigenvalue weighted by molar-refractivity contribution is 0.0716. The van der Waals surface area contributed by atoms with Crippen molar-refractivity contribution in [2.75, 3.05) is 13.1 Å². The van der Waals surface area contributed by atoms with Gasteiger partial charge in [-0.3, -0.25) is 4.90 Å². The van der Waals surface area contributed by atoms with Crippen LogP contribution in [0.1, 0.15) is 24.4 Å². The third-order valence-corrected chi connectivity index (χ3v) is 3.10. The Hall–Kier alpha value is -1.37. The van der Waals surface area contributed by atoms with Gasteiger partial charge in [0.25, 0.3) is 0 Å². The van der Waals surface area contributed by atoms with E-state index in [1.807, 2.05) is 30.3 Å². The summed E-state index contributed by atoms with van der Waals surface area (Å²) in [5.41, 5.74) is 1.04. The van der Waals surface area contributed by atoms with Crippen LogP contribution in [0.3, 0.4) is 0 Å². The molecule has 0 saturated carbocycles. The van der Waals surface area contributed by atoms with Crippen LogP contribution in [0, 0.1) is 11.3 Å². The van der Waals surface area contributed by atoms with Gasteiger partial charge in [0.15, 0.2) is 0 Å². The highest BCUT2D eigenvalue weighted by atomic mass is 16.3. The normalized spacial score (nSPS) is 20.2. The summed E-state index contributed by atoms with van der Waals surface area (Å²) in [6.07, 6.45) is 1.35. The number of rotatable bonds is 2. The van der Waals surface area contributed by atoms with Crippen LogP contribution in [0.25, 0.3) is 0 Å². The van der Waals surface area contributed by atoms with Crippen molar-refractivity contribution < 1.29 is 5.11 Å². The van der Waals surface area contributed by atoms with Crippen molar-refractivity contribution in [2.45, 2.75) is 25.0 Å². The Kier molecular flexibility index (Phi) is 3.55. The average molecular weight is 216 g/mol. The fourth-order valence-electron chi connectivity index (χ4n) is 2.15. The lowest BCUT2D eigenvalue weighted by Crippen LogP contribution is -2.38. The first-order valence-corrected chi connectivity index (χ1v) is 5.68. The molecule has 3 heteroatoms. The van der Waals surface area contributed by atoms with E-state index >= 15 is 0 Å². The summed E-state index contributed by atoms with van der Waals surface area (Å²) < 4.78 is 0. The van der Waals surface area contributed by atoms with E-state index in [4.69, 9.17) is 0 Å². The molecule has 1 saturated heterocycles. The van der Waals surface area contributed by atoms with Gasteiger partial charge in [0, 0.05) is 13.1 Å². The number of benzene rings is 1. The van der Waals surface area contributed by atoms with Gasteiger partial charge in [0.1, 0.15) is 6.04 Å². The lowest BCUT2D eigenvalue weighted by Gasteiger charge is -2.32. The van der Waals surface area contributed by atoms with Crippen LogP contribution in [0.15, 0.2) is 30.3 Å². The second-order valence-electron chi connectivity index (χ2n) is 4.21. The van der Waals surface area contributed by atoms with Gasteiger partial charge in [-0.05, 0) is 18.4 Å². The zero-order valence-corrected chi connectivity index (χ0v) is 9.21. The van der Waals surface area contributed by atoms with Crippen molar-refractivity contribution in [3.05, 3.63) is 35.9 Å². The molecule has 0 radical (unpaired) electrons. The summed E-state index contributed by atoms with van der Waals surface area (Å²) in [4.78, 5) is 2.14. The standard InChI is InChI=1S/C13H16N2O/c14-10-13(11-4-2-1-3-5-11)15-8-6-12(16)7-9-15/h1-5,12-13,16H,6-9H2. The summed E-state index contributed by atoms with van der Waals surface area (Å²) in [5, 5.41) is 18.7. The molecule has 0 amide bonds. The fraction of sp³-hybridized carbons (Fsp3) is 0.462. The highest BCUT2D eigenvalue weighted by Gasteiger charge is 2.24. The highest BCUT2D eigenvalue weighted by molar-refractivity contribution is 5.24. The number of nitrogens with zero attached hydrogens (tertiary/aromatic N) is 2. The number of nitriles is 1. The Morgan fingerprint density at radius 2 is 1.88 bits per heavy atom. The smallest absolute Gasteiger partial charge is 0.123 e. The predicted molar refractivity (Wildman–Crippen MR) is 61.6 cm³/mol. The lowest BCUT2D eigenvalue weighted by atomic mass is 10.0. The number of hydrogen-bond acceptors (Lipinski definition) is 3. The van der Waals surface area contributed by atoms with E-state index in [1.54, 1.807) is 0 Å². The highest BCUT2D eigenvalue weighted by Crippen LogP contribution is 2.23. The van der Waals surface area contributed by atoms with E-state index in [9.17, 15) is 10.4 Å². The van der Waals surface area contributed by atoms with Gasteiger partial charge in [0.05, 0.1) is 12.2 Å². The molecule has 1 atom stereocenters. The van der Waals surface area contributed by atoms with Crippen molar-refractivity contribution in [3.63, 3.8) is 0 Å². The molecule has 1 aromatic rings. The van der Waals surface area contributed by atoms with E-state index in [0.29, 0.717) is 0 Å². The molecule has 0 bridgehead atoms. The van der Waals surface area contributed by atoms with E-state index in [1.165, 1.54) is 0 Å². The van der Waals surface area contributed by atoms with Crippen molar-refractivity contribution >= 4 is 0 Å². The topological polar surface area (TPSA) is 47.3 Å². The van der Waals surface area contributed by atoms with Crippen LogP contribution >= 0.6 is 0 Å². The molecule has 1 aromatic carbocycles. The van der Waals surface area contributed by atoms with E-state index in [2.05, 4.69) is 11.0 Å². The molecule has 1 aliphatic heterocycles. The monoisotopic (exact) mass is 216 g/mol. The van der Waals surface area contributed by atoms with Gasteiger partial charge < -0.3 is 5.11 Å². The van der Waals surface area contributed by atoms with Crippen LogP contribution in [0.5, 0.6) is 0 Å². The average Bonchev–Trinajstić information content (AvgIpc) is 2.34. The van der Waals surface area contributed by atoms with E-state index < -0.39 is 0 Å². The summed E-state index contributed by atoms with van der Waals surface area (Å²) >= 11 is 0. The minimum Gasteiger partial charge on any atom is -0.393 e. The van der Waals surface area contributed by atoms with Gasteiger partial charge in [0.2, 0.25) is 0 Å². The Morgan fingerprint density at radius 3 is 2.44 bits per heavy atom. The molecule has 84 valence electrons. The molecule has 16 heavy (non-hydrogen) atoms. The Balaban J connectivity index is 2.09. The Labute approximate surface area is 95.9 Å². The number of hydrogen-bond donors (Lipinski definition) is 1.